The van der Waals surface area contributed by atoms with Gasteiger partial charge < -0.3 is 9.64 Å². The first-order chi connectivity index (χ1) is 10.5. The smallest absolute Gasteiger partial charge is 0.239 e. The lowest BCUT2D eigenvalue weighted by Gasteiger charge is -2.27. The molecule has 0 aromatic heterocycles. The standard InChI is InChI=1S/C18H24N2O2/c1-13(18(21)19(2)3)20(4)12-14-10-11-17(22-5)16-9-7-6-8-15(14)16/h6-11,13H,12H2,1-5H3. The highest BCUT2D eigenvalue weighted by Crippen LogP contribution is 2.29. The first-order valence-corrected chi connectivity index (χ1v) is 7.41. The molecule has 2 rings (SSSR count). The molecule has 1 amide bonds. The Bertz CT molecular complexity index is 667. The number of nitrogens with zero attached hydrogens (tertiary/aromatic N) is 2. The lowest BCUT2D eigenvalue weighted by molar-refractivity contribution is -0.133. The fourth-order valence-electron chi connectivity index (χ4n) is 2.62. The second kappa shape index (κ2) is 6.79. The summed E-state index contributed by atoms with van der Waals surface area (Å²) in [5, 5.41) is 2.26. The van der Waals surface area contributed by atoms with Crippen molar-refractivity contribution in [2.24, 2.45) is 0 Å². The predicted octanol–water partition coefficient (Wildman–Crippen LogP) is 2.76. The van der Waals surface area contributed by atoms with Crippen molar-refractivity contribution in [3.8, 4) is 5.75 Å². The first kappa shape index (κ1) is 16.3. The van der Waals surface area contributed by atoms with Crippen molar-refractivity contribution < 1.29 is 9.53 Å². The van der Waals surface area contributed by atoms with Crippen LogP contribution in [0.3, 0.4) is 0 Å². The SMILES string of the molecule is COc1ccc(CN(C)C(C)C(=O)N(C)C)c2ccccc12. The van der Waals surface area contributed by atoms with Crippen LogP contribution in [0.15, 0.2) is 36.4 Å². The molecule has 0 aliphatic heterocycles. The van der Waals surface area contributed by atoms with E-state index in [4.69, 9.17) is 4.74 Å². The number of rotatable bonds is 5. The number of benzene rings is 2. The molecule has 2 aromatic rings. The third-order valence-corrected chi connectivity index (χ3v) is 4.07. The minimum Gasteiger partial charge on any atom is -0.496 e. The summed E-state index contributed by atoms with van der Waals surface area (Å²) in [5.74, 6) is 0.986. The molecule has 22 heavy (non-hydrogen) atoms. The molecule has 0 radical (unpaired) electrons. The second-order valence-electron chi connectivity index (χ2n) is 5.80. The van der Waals surface area contributed by atoms with E-state index in [0.717, 1.165) is 11.1 Å². The summed E-state index contributed by atoms with van der Waals surface area (Å²) in [6, 6.07) is 12.1. The number of methoxy groups -OCH3 is 1. The van der Waals surface area contributed by atoms with Gasteiger partial charge in [-0.25, -0.2) is 0 Å². The Kier molecular flexibility index (Phi) is 5.03. The highest BCUT2D eigenvalue weighted by molar-refractivity contribution is 5.91. The number of fused-ring (bicyclic) bond motifs is 1. The molecule has 4 heteroatoms. The topological polar surface area (TPSA) is 32.8 Å². The molecule has 0 aliphatic rings. The maximum absolute atomic E-state index is 12.1. The normalized spacial score (nSPS) is 12.5. The monoisotopic (exact) mass is 300 g/mol. The number of hydrogen-bond acceptors (Lipinski definition) is 3. The minimum absolute atomic E-state index is 0.111. The van der Waals surface area contributed by atoms with Crippen LogP contribution in [0.5, 0.6) is 5.75 Å². The second-order valence-corrected chi connectivity index (χ2v) is 5.80. The van der Waals surface area contributed by atoms with Crippen molar-refractivity contribution in [3.63, 3.8) is 0 Å². The molecule has 1 atom stereocenters. The van der Waals surface area contributed by atoms with E-state index in [1.807, 2.05) is 32.2 Å². The fourth-order valence-corrected chi connectivity index (χ4v) is 2.62. The van der Waals surface area contributed by atoms with E-state index in [1.165, 1.54) is 10.9 Å². The lowest BCUT2D eigenvalue weighted by atomic mass is 10.0. The predicted molar refractivity (Wildman–Crippen MR) is 90.1 cm³/mol. The molecule has 2 aromatic carbocycles. The molecule has 0 aliphatic carbocycles. The molecule has 118 valence electrons. The fraction of sp³-hybridized carbons (Fsp3) is 0.389. The van der Waals surface area contributed by atoms with Crippen LogP contribution in [0, 0.1) is 0 Å². The van der Waals surface area contributed by atoms with Crippen LogP contribution >= 0.6 is 0 Å². The van der Waals surface area contributed by atoms with Gasteiger partial charge in [0.1, 0.15) is 5.75 Å². The van der Waals surface area contributed by atoms with Crippen LogP contribution < -0.4 is 4.74 Å². The zero-order chi connectivity index (χ0) is 16.3. The largest absolute Gasteiger partial charge is 0.496 e. The van der Waals surface area contributed by atoms with Crippen molar-refractivity contribution in [2.45, 2.75) is 19.5 Å². The first-order valence-electron chi connectivity index (χ1n) is 7.41. The minimum atomic E-state index is -0.157. The zero-order valence-electron chi connectivity index (χ0n) is 14.0. The van der Waals surface area contributed by atoms with Gasteiger partial charge >= 0.3 is 0 Å². The van der Waals surface area contributed by atoms with Gasteiger partial charge in [-0.3, -0.25) is 9.69 Å². The Morgan fingerprint density at radius 1 is 1.09 bits per heavy atom. The Labute approximate surface area is 132 Å². The van der Waals surface area contributed by atoms with Gasteiger partial charge in [-0.1, -0.05) is 30.3 Å². The van der Waals surface area contributed by atoms with E-state index < -0.39 is 0 Å². The van der Waals surface area contributed by atoms with E-state index in [2.05, 4.69) is 23.1 Å². The number of hydrogen-bond donors (Lipinski definition) is 0. The van der Waals surface area contributed by atoms with Gasteiger partial charge in [-0.15, -0.1) is 0 Å². The van der Waals surface area contributed by atoms with E-state index in [1.54, 1.807) is 26.1 Å². The van der Waals surface area contributed by atoms with E-state index in [9.17, 15) is 4.79 Å². The molecule has 0 saturated carbocycles. The van der Waals surface area contributed by atoms with Gasteiger partial charge in [0.15, 0.2) is 0 Å². The molecule has 0 heterocycles. The van der Waals surface area contributed by atoms with Crippen LogP contribution in [0.25, 0.3) is 10.8 Å². The van der Waals surface area contributed by atoms with Crippen LogP contribution in [0.4, 0.5) is 0 Å². The van der Waals surface area contributed by atoms with E-state index in [-0.39, 0.29) is 11.9 Å². The maximum atomic E-state index is 12.1. The number of likely N-dealkylation sites (N-methyl/N-ethyl adjacent to an activating group) is 2. The Morgan fingerprint density at radius 3 is 2.32 bits per heavy atom. The summed E-state index contributed by atoms with van der Waals surface area (Å²) in [6.45, 7) is 2.65. The highest BCUT2D eigenvalue weighted by Gasteiger charge is 2.20. The van der Waals surface area contributed by atoms with Gasteiger partial charge in [0.05, 0.1) is 13.2 Å². The molecule has 0 bridgehead atoms. The van der Waals surface area contributed by atoms with E-state index >= 15 is 0 Å². The third kappa shape index (κ3) is 3.22. The maximum Gasteiger partial charge on any atom is 0.239 e. The van der Waals surface area contributed by atoms with Gasteiger partial charge in [-0.2, -0.15) is 0 Å². The van der Waals surface area contributed by atoms with Gasteiger partial charge in [0.2, 0.25) is 5.91 Å². The average molecular weight is 300 g/mol. The molecule has 0 N–H and O–H groups in total. The number of carbonyl (C=O) groups excluding carboxylic acids is 1. The highest BCUT2D eigenvalue weighted by atomic mass is 16.5. The Balaban J connectivity index is 2.30. The number of carbonyl (C=O) groups is 1. The summed E-state index contributed by atoms with van der Waals surface area (Å²) in [5.41, 5.74) is 1.19. The van der Waals surface area contributed by atoms with E-state index in [0.29, 0.717) is 6.54 Å². The molecular weight excluding hydrogens is 276 g/mol. The van der Waals surface area contributed by atoms with Gasteiger partial charge in [0.25, 0.3) is 0 Å². The molecule has 0 saturated heterocycles. The van der Waals surface area contributed by atoms with Gasteiger partial charge in [0, 0.05) is 26.0 Å². The van der Waals surface area contributed by atoms with Crippen LogP contribution in [0.2, 0.25) is 0 Å². The number of ether oxygens (including phenoxy) is 1. The van der Waals surface area contributed by atoms with Crippen LogP contribution in [0.1, 0.15) is 12.5 Å². The molecule has 4 nitrogen and oxygen atoms in total. The quantitative estimate of drug-likeness (QED) is 0.851. The summed E-state index contributed by atoms with van der Waals surface area (Å²) >= 11 is 0. The molecule has 0 spiro atoms. The third-order valence-electron chi connectivity index (χ3n) is 4.07. The van der Waals surface area contributed by atoms with Crippen molar-refractivity contribution in [1.29, 1.82) is 0 Å². The Morgan fingerprint density at radius 2 is 1.73 bits per heavy atom. The molecule has 0 fully saturated rings. The summed E-state index contributed by atoms with van der Waals surface area (Å²) in [7, 11) is 7.24. The van der Waals surface area contributed by atoms with Gasteiger partial charge in [-0.05, 0) is 31.0 Å². The molecule has 1 unspecified atom stereocenters. The van der Waals surface area contributed by atoms with Crippen molar-refractivity contribution in [3.05, 3.63) is 42.0 Å². The van der Waals surface area contributed by atoms with Crippen molar-refractivity contribution in [2.75, 3.05) is 28.3 Å². The lowest BCUT2D eigenvalue weighted by Crippen LogP contribution is -2.42. The zero-order valence-corrected chi connectivity index (χ0v) is 14.0. The summed E-state index contributed by atoms with van der Waals surface area (Å²) < 4.78 is 5.43. The Hall–Kier alpha value is -2.07. The summed E-state index contributed by atoms with van der Waals surface area (Å²) in [4.78, 5) is 15.8. The van der Waals surface area contributed by atoms with Crippen LogP contribution in [-0.2, 0) is 11.3 Å². The number of amides is 1. The average Bonchev–Trinajstić information content (AvgIpc) is 2.53. The van der Waals surface area contributed by atoms with Crippen molar-refractivity contribution >= 4 is 16.7 Å². The molecular formula is C18H24N2O2. The van der Waals surface area contributed by atoms with Crippen LogP contribution in [-0.4, -0.2) is 50.0 Å². The summed E-state index contributed by atoms with van der Waals surface area (Å²) in [6.07, 6.45) is 0. The van der Waals surface area contributed by atoms with Crippen molar-refractivity contribution in [1.82, 2.24) is 9.80 Å².